The van der Waals surface area contributed by atoms with Crippen molar-refractivity contribution in [2.45, 2.75) is 0 Å². The molecule has 0 aliphatic carbocycles. The number of fused-ring (bicyclic) bond motifs is 1. The van der Waals surface area contributed by atoms with Crippen LogP contribution in [0.25, 0.3) is 11.0 Å². The third-order valence-corrected chi connectivity index (χ3v) is 2.43. The second-order valence-electron chi connectivity index (χ2n) is 3.21. The molecule has 2 aromatic rings. The number of nitrogens with zero attached hydrogens (tertiary/aromatic N) is 2. The maximum Gasteiger partial charge on any atom is 0.0931 e. The van der Waals surface area contributed by atoms with Gasteiger partial charge >= 0.3 is 0 Å². The summed E-state index contributed by atoms with van der Waals surface area (Å²) < 4.78 is 0. The largest absolute Gasteiger partial charge is 0.373 e. The van der Waals surface area contributed by atoms with Gasteiger partial charge in [0.25, 0.3) is 0 Å². The van der Waals surface area contributed by atoms with Crippen molar-refractivity contribution in [3.63, 3.8) is 0 Å². The Hall–Kier alpha value is -1.22. The van der Waals surface area contributed by atoms with Gasteiger partial charge in [-0.05, 0) is 18.2 Å². The molecule has 1 aromatic heterocycles. The number of nitrogens with one attached hydrogen (secondary N) is 1. The zero-order valence-electron chi connectivity index (χ0n) is 8.00. The van der Waals surface area contributed by atoms with Crippen LogP contribution in [-0.4, -0.2) is 29.4 Å². The Labute approximate surface area is 87.7 Å². The highest BCUT2D eigenvalue weighted by molar-refractivity contribution is 6.18. The van der Waals surface area contributed by atoms with Gasteiger partial charge in [-0.3, -0.25) is 0 Å². The monoisotopic (exact) mass is 209 g/mol. The fraction of sp³-hybridized carbons (Fsp3) is 0.300. The van der Waals surface area contributed by atoms with E-state index in [0.29, 0.717) is 5.88 Å². The van der Waals surface area contributed by atoms with Gasteiger partial charge in [0.2, 0.25) is 0 Å². The Kier molecular flexibility index (Phi) is 2.59. The van der Waals surface area contributed by atoms with Crippen molar-refractivity contribution < 1.29 is 0 Å². The number of hydrogen-bond donors (Lipinski definition) is 1. The number of benzene rings is 1. The number of hydrogen-bond acceptors (Lipinski definition) is 2. The Morgan fingerprint density at radius 1 is 1.50 bits per heavy atom. The summed E-state index contributed by atoms with van der Waals surface area (Å²) >= 11 is 5.68. The zero-order chi connectivity index (χ0) is 9.97. The van der Waals surface area contributed by atoms with Gasteiger partial charge < -0.3 is 9.88 Å². The molecule has 0 atom stereocenters. The lowest BCUT2D eigenvalue weighted by molar-refractivity contribution is 0.975. The fourth-order valence-corrected chi connectivity index (χ4v) is 1.67. The van der Waals surface area contributed by atoms with Crippen molar-refractivity contribution >= 4 is 28.3 Å². The molecule has 0 aliphatic heterocycles. The number of aromatic nitrogens is 2. The summed E-state index contributed by atoms with van der Waals surface area (Å²) in [6.07, 6.45) is 1.70. The summed E-state index contributed by atoms with van der Waals surface area (Å²) in [4.78, 5) is 9.37. The second-order valence-corrected chi connectivity index (χ2v) is 3.59. The normalized spacial score (nSPS) is 10.7. The molecule has 1 aromatic carbocycles. The molecule has 0 fully saturated rings. The number of H-pyrrole nitrogens is 1. The molecule has 0 unspecified atom stereocenters. The lowest BCUT2D eigenvalue weighted by Gasteiger charge is -2.17. The van der Waals surface area contributed by atoms with Gasteiger partial charge in [0.15, 0.2) is 0 Å². The van der Waals surface area contributed by atoms with E-state index in [-0.39, 0.29) is 0 Å². The quantitative estimate of drug-likeness (QED) is 0.787. The van der Waals surface area contributed by atoms with Gasteiger partial charge in [-0.1, -0.05) is 0 Å². The summed E-state index contributed by atoms with van der Waals surface area (Å²) in [6, 6.07) is 6.14. The van der Waals surface area contributed by atoms with Gasteiger partial charge in [-0.2, -0.15) is 0 Å². The van der Waals surface area contributed by atoms with Crippen LogP contribution in [0.1, 0.15) is 0 Å². The minimum atomic E-state index is 0.636. The van der Waals surface area contributed by atoms with Crippen molar-refractivity contribution in [3.05, 3.63) is 24.5 Å². The Morgan fingerprint density at radius 2 is 2.36 bits per heavy atom. The van der Waals surface area contributed by atoms with E-state index in [0.717, 1.165) is 23.3 Å². The van der Waals surface area contributed by atoms with E-state index in [1.54, 1.807) is 6.33 Å². The van der Waals surface area contributed by atoms with Crippen molar-refractivity contribution in [3.8, 4) is 0 Å². The predicted molar refractivity (Wildman–Crippen MR) is 60.1 cm³/mol. The van der Waals surface area contributed by atoms with E-state index >= 15 is 0 Å². The van der Waals surface area contributed by atoms with Crippen LogP contribution in [-0.2, 0) is 0 Å². The molecule has 0 bridgehead atoms. The SMILES string of the molecule is CN(CCCl)c1ccc2nc[nH]c2c1. The molecule has 1 N–H and O–H groups in total. The summed E-state index contributed by atoms with van der Waals surface area (Å²) in [5.41, 5.74) is 3.21. The number of rotatable bonds is 3. The zero-order valence-corrected chi connectivity index (χ0v) is 8.75. The van der Waals surface area contributed by atoms with Crippen LogP contribution in [0.4, 0.5) is 5.69 Å². The minimum absolute atomic E-state index is 0.636. The lowest BCUT2D eigenvalue weighted by atomic mass is 10.2. The fourth-order valence-electron chi connectivity index (χ4n) is 1.42. The van der Waals surface area contributed by atoms with Gasteiger partial charge in [-0.15, -0.1) is 11.6 Å². The van der Waals surface area contributed by atoms with Crippen molar-refractivity contribution in [1.82, 2.24) is 9.97 Å². The van der Waals surface area contributed by atoms with Gasteiger partial charge in [-0.25, -0.2) is 4.98 Å². The van der Waals surface area contributed by atoms with Crippen LogP contribution in [0.15, 0.2) is 24.5 Å². The maximum atomic E-state index is 5.68. The van der Waals surface area contributed by atoms with Crippen LogP contribution < -0.4 is 4.90 Å². The van der Waals surface area contributed by atoms with E-state index in [4.69, 9.17) is 11.6 Å². The van der Waals surface area contributed by atoms with Crippen LogP contribution in [0.5, 0.6) is 0 Å². The first-order valence-corrected chi connectivity index (χ1v) is 5.05. The van der Waals surface area contributed by atoms with E-state index in [9.17, 15) is 0 Å². The van der Waals surface area contributed by atoms with Gasteiger partial charge in [0.1, 0.15) is 0 Å². The highest BCUT2D eigenvalue weighted by Crippen LogP contribution is 2.18. The molecule has 2 rings (SSSR count). The van der Waals surface area contributed by atoms with E-state index in [1.165, 1.54) is 0 Å². The molecule has 0 saturated carbocycles. The summed E-state index contributed by atoms with van der Waals surface area (Å²) in [5, 5.41) is 0. The van der Waals surface area contributed by atoms with Crippen LogP contribution >= 0.6 is 11.6 Å². The molecule has 0 saturated heterocycles. The predicted octanol–water partition coefficient (Wildman–Crippen LogP) is 2.24. The molecule has 74 valence electrons. The first kappa shape index (κ1) is 9.34. The topological polar surface area (TPSA) is 31.9 Å². The van der Waals surface area contributed by atoms with E-state index in [1.807, 2.05) is 13.1 Å². The Balaban J connectivity index is 2.33. The standard InChI is InChI=1S/C10H12ClN3/c1-14(5-4-11)8-2-3-9-10(6-8)13-7-12-9/h2-3,6-7H,4-5H2,1H3,(H,12,13). The lowest BCUT2D eigenvalue weighted by Crippen LogP contribution is -2.19. The van der Waals surface area contributed by atoms with Crippen molar-refractivity contribution in [1.29, 1.82) is 0 Å². The number of imidazole rings is 1. The van der Waals surface area contributed by atoms with Gasteiger partial charge in [0.05, 0.1) is 17.4 Å². The number of aromatic amines is 1. The molecule has 0 radical (unpaired) electrons. The van der Waals surface area contributed by atoms with Crippen molar-refractivity contribution in [2.24, 2.45) is 0 Å². The van der Waals surface area contributed by atoms with E-state index in [2.05, 4.69) is 27.0 Å². The molecule has 0 spiro atoms. The van der Waals surface area contributed by atoms with Crippen LogP contribution in [0.2, 0.25) is 0 Å². The highest BCUT2D eigenvalue weighted by atomic mass is 35.5. The molecule has 1 heterocycles. The first-order chi connectivity index (χ1) is 6.81. The Bertz CT molecular complexity index is 424. The van der Waals surface area contributed by atoms with Crippen molar-refractivity contribution in [2.75, 3.05) is 24.4 Å². The number of alkyl halides is 1. The molecular weight excluding hydrogens is 198 g/mol. The average Bonchev–Trinajstić information content (AvgIpc) is 2.64. The second kappa shape index (κ2) is 3.88. The van der Waals surface area contributed by atoms with E-state index < -0.39 is 0 Å². The number of halogens is 1. The molecule has 0 aliphatic rings. The third-order valence-electron chi connectivity index (χ3n) is 2.26. The van der Waals surface area contributed by atoms with Crippen LogP contribution in [0.3, 0.4) is 0 Å². The highest BCUT2D eigenvalue weighted by Gasteiger charge is 2.02. The molecule has 4 heteroatoms. The third kappa shape index (κ3) is 1.68. The van der Waals surface area contributed by atoms with Gasteiger partial charge in [0, 0.05) is 25.2 Å². The molecule has 14 heavy (non-hydrogen) atoms. The van der Waals surface area contributed by atoms with Crippen LogP contribution in [0, 0.1) is 0 Å². The summed E-state index contributed by atoms with van der Waals surface area (Å²) in [5.74, 6) is 0.636. The smallest absolute Gasteiger partial charge is 0.0931 e. The first-order valence-electron chi connectivity index (χ1n) is 4.51. The molecule has 0 amide bonds. The summed E-state index contributed by atoms with van der Waals surface area (Å²) in [7, 11) is 2.03. The molecule has 3 nitrogen and oxygen atoms in total. The Morgan fingerprint density at radius 3 is 3.14 bits per heavy atom. The summed E-state index contributed by atoms with van der Waals surface area (Å²) in [6.45, 7) is 0.848. The maximum absolute atomic E-state index is 5.68. The molecular formula is C10H12ClN3. The minimum Gasteiger partial charge on any atom is -0.373 e. The average molecular weight is 210 g/mol. The number of anilines is 1.